The summed E-state index contributed by atoms with van der Waals surface area (Å²) in [7, 11) is 4.63. The third-order valence-corrected chi connectivity index (χ3v) is 3.89. The molecule has 1 aliphatic heterocycles. The lowest BCUT2D eigenvalue weighted by Gasteiger charge is -2.12. The molecule has 0 spiro atoms. The molecular weight excluding hydrogens is 334 g/mol. The van der Waals surface area contributed by atoms with Crippen LogP contribution in [0.5, 0.6) is 17.2 Å². The zero-order valence-corrected chi connectivity index (χ0v) is 14.8. The van der Waals surface area contributed by atoms with E-state index in [0.29, 0.717) is 35.1 Å². The predicted octanol–water partition coefficient (Wildman–Crippen LogP) is 3.25. The van der Waals surface area contributed by atoms with Gasteiger partial charge in [0.25, 0.3) is 0 Å². The van der Waals surface area contributed by atoms with Crippen molar-refractivity contribution < 1.29 is 23.7 Å². The molecule has 1 heterocycles. The summed E-state index contributed by atoms with van der Waals surface area (Å²) >= 11 is 0. The molecule has 0 atom stereocenters. The average molecular weight is 353 g/mol. The normalized spacial score (nSPS) is 14.8. The number of methoxy groups -OCH3 is 3. The van der Waals surface area contributed by atoms with E-state index in [1.54, 1.807) is 39.5 Å². The van der Waals surface area contributed by atoms with E-state index in [9.17, 15) is 4.79 Å². The monoisotopic (exact) mass is 353 g/mol. The van der Waals surface area contributed by atoms with Crippen LogP contribution in [0.3, 0.4) is 0 Å². The number of carbonyl (C=O) groups is 1. The van der Waals surface area contributed by atoms with Crippen molar-refractivity contribution in [1.82, 2.24) is 0 Å². The summed E-state index contributed by atoms with van der Waals surface area (Å²) in [6.45, 7) is 0. The number of aliphatic imine (C=N–C) groups is 1. The number of carbonyl (C=O) groups excluding carboxylic acids is 1. The van der Waals surface area contributed by atoms with Crippen molar-refractivity contribution in [3.63, 3.8) is 0 Å². The largest absolute Gasteiger partial charge is 0.496 e. The Labute approximate surface area is 151 Å². The van der Waals surface area contributed by atoms with Crippen LogP contribution in [-0.2, 0) is 16.0 Å². The number of ether oxygens (including phenoxy) is 4. The molecule has 0 radical (unpaired) electrons. The summed E-state index contributed by atoms with van der Waals surface area (Å²) in [5.74, 6) is 1.48. The summed E-state index contributed by atoms with van der Waals surface area (Å²) in [4.78, 5) is 16.5. The minimum Gasteiger partial charge on any atom is -0.496 e. The molecule has 0 bridgehead atoms. The average Bonchev–Trinajstić information content (AvgIpc) is 3.01. The SMILES string of the molecule is COc1cc(OC)c(OC)cc1/C=C1\N=C(Cc2ccccc2)OC1=O. The van der Waals surface area contributed by atoms with E-state index in [0.717, 1.165) is 5.56 Å². The van der Waals surface area contributed by atoms with Gasteiger partial charge in [0, 0.05) is 18.1 Å². The first-order valence-corrected chi connectivity index (χ1v) is 8.00. The number of nitrogens with zero attached hydrogens (tertiary/aromatic N) is 1. The number of benzene rings is 2. The Balaban J connectivity index is 1.92. The van der Waals surface area contributed by atoms with Crippen LogP contribution in [-0.4, -0.2) is 33.2 Å². The van der Waals surface area contributed by atoms with Gasteiger partial charge in [0.15, 0.2) is 17.2 Å². The lowest BCUT2D eigenvalue weighted by atomic mass is 10.1. The van der Waals surface area contributed by atoms with Crippen molar-refractivity contribution >= 4 is 17.9 Å². The van der Waals surface area contributed by atoms with Crippen molar-refractivity contribution in [2.75, 3.05) is 21.3 Å². The first kappa shape index (κ1) is 17.5. The Morgan fingerprint density at radius 3 is 2.27 bits per heavy atom. The Morgan fingerprint density at radius 2 is 1.62 bits per heavy atom. The second-order valence-corrected chi connectivity index (χ2v) is 5.54. The van der Waals surface area contributed by atoms with Crippen molar-refractivity contribution in [2.24, 2.45) is 4.99 Å². The standard InChI is InChI=1S/C20H19NO5/c1-23-16-12-18(25-3)17(24-2)11-14(16)10-15-20(22)26-19(21-15)9-13-7-5-4-6-8-13/h4-8,10-12H,9H2,1-3H3/b15-10-. The van der Waals surface area contributed by atoms with E-state index in [1.165, 1.54) is 0 Å². The highest BCUT2D eigenvalue weighted by molar-refractivity contribution is 6.07. The number of esters is 1. The van der Waals surface area contributed by atoms with Gasteiger partial charge in [0.2, 0.25) is 5.90 Å². The third-order valence-electron chi connectivity index (χ3n) is 3.89. The van der Waals surface area contributed by atoms with Gasteiger partial charge in [-0.2, -0.15) is 0 Å². The summed E-state index contributed by atoms with van der Waals surface area (Å²) < 4.78 is 21.2. The maximum absolute atomic E-state index is 12.2. The second-order valence-electron chi connectivity index (χ2n) is 5.54. The lowest BCUT2D eigenvalue weighted by Crippen LogP contribution is -2.06. The van der Waals surface area contributed by atoms with Gasteiger partial charge in [-0.05, 0) is 17.7 Å². The molecule has 0 unspecified atom stereocenters. The lowest BCUT2D eigenvalue weighted by molar-refractivity contribution is -0.130. The van der Waals surface area contributed by atoms with Crippen LogP contribution in [0.4, 0.5) is 0 Å². The molecule has 0 saturated carbocycles. The number of hydrogen-bond donors (Lipinski definition) is 0. The fraction of sp³-hybridized carbons (Fsp3) is 0.200. The molecule has 6 nitrogen and oxygen atoms in total. The Morgan fingerprint density at radius 1 is 0.962 bits per heavy atom. The van der Waals surface area contributed by atoms with Crippen LogP contribution in [0.1, 0.15) is 11.1 Å². The molecule has 0 aliphatic carbocycles. The quantitative estimate of drug-likeness (QED) is 0.589. The predicted molar refractivity (Wildman–Crippen MR) is 97.7 cm³/mol. The van der Waals surface area contributed by atoms with Crippen molar-refractivity contribution in [3.05, 3.63) is 59.3 Å². The molecule has 2 aromatic rings. The first-order chi connectivity index (χ1) is 12.6. The minimum atomic E-state index is -0.493. The maximum Gasteiger partial charge on any atom is 0.363 e. The smallest absolute Gasteiger partial charge is 0.363 e. The molecule has 6 heteroatoms. The molecule has 2 aromatic carbocycles. The highest BCUT2D eigenvalue weighted by Crippen LogP contribution is 2.36. The third kappa shape index (κ3) is 3.69. The number of hydrogen-bond acceptors (Lipinski definition) is 6. The molecule has 0 N–H and O–H groups in total. The molecule has 1 aliphatic rings. The van der Waals surface area contributed by atoms with Gasteiger partial charge in [-0.25, -0.2) is 9.79 Å². The molecule has 0 fully saturated rings. The molecule has 0 amide bonds. The van der Waals surface area contributed by atoms with E-state index < -0.39 is 5.97 Å². The fourth-order valence-corrected chi connectivity index (χ4v) is 2.61. The second kappa shape index (κ2) is 7.74. The fourth-order valence-electron chi connectivity index (χ4n) is 2.61. The Hall–Kier alpha value is -3.28. The highest BCUT2D eigenvalue weighted by atomic mass is 16.6. The van der Waals surface area contributed by atoms with Crippen LogP contribution in [0.2, 0.25) is 0 Å². The van der Waals surface area contributed by atoms with Crippen LogP contribution in [0, 0.1) is 0 Å². The van der Waals surface area contributed by atoms with Gasteiger partial charge >= 0.3 is 5.97 Å². The van der Waals surface area contributed by atoms with E-state index in [4.69, 9.17) is 18.9 Å². The van der Waals surface area contributed by atoms with Crippen molar-refractivity contribution in [2.45, 2.75) is 6.42 Å². The van der Waals surface area contributed by atoms with Gasteiger partial charge in [-0.3, -0.25) is 0 Å². The Bertz CT molecular complexity index is 871. The van der Waals surface area contributed by atoms with E-state index >= 15 is 0 Å². The molecular formula is C20H19NO5. The van der Waals surface area contributed by atoms with Crippen LogP contribution >= 0.6 is 0 Å². The van der Waals surface area contributed by atoms with Gasteiger partial charge in [-0.15, -0.1) is 0 Å². The molecule has 134 valence electrons. The van der Waals surface area contributed by atoms with E-state index in [1.807, 2.05) is 30.3 Å². The summed E-state index contributed by atoms with van der Waals surface area (Å²) in [5.41, 5.74) is 1.87. The van der Waals surface area contributed by atoms with E-state index in [-0.39, 0.29) is 5.70 Å². The summed E-state index contributed by atoms with van der Waals surface area (Å²) in [5, 5.41) is 0. The molecule has 3 rings (SSSR count). The van der Waals surface area contributed by atoms with Gasteiger partial charge in [0.05, 0.1) is 21.3 Å². The van der Waals surface area contributed by atoms with Gasteiger partial charge in [-0.1, -0.05) is 30.3 Å². The van der Waals surface area contributed by atoms with Gasteiger partial charge < -0.3 is 18.9 Å². The maximum atomic E-state index is 12.2. The highest BCUT2D eigenvalue weighted by Gasteiger charge is 2.24. The van der Waals surface area contributed by atoms with Gasteiger partial charge in [0.1, 0.15) is 5.75 Å². The Kier molecular flexibility index (Phi) is 5.22. The molecule has 26 heavy (non-hydrogen) atoms. The van der Waals surface area contributed by atoms with Crippen LogP contribution < -0.4 is 14.2 Å². The number of rotatable bonds is 6. The van der Waals surface area contributed by atoms with Crippen LogP contribution in [0.15, 0.2) is 53.2 Å². The topological polar surface area (TPSA) is 66.3 Å². The minimum absolute atomic E-state index is 0.210. The van der Waals surface area contributed by atoms with Crippen molar-refractivity contribution in [1.29, 1.82) is 0 Å². The van der Waals surface area contributed by atoms with Crippen LogP contribution in [0.25, 0.3) is 6.08 Å². The molecule has 0 aromatic heterocycles. The first-order valence-electron chi connectivity index (χ1n) is 8.00. The van der Waals surface area contributed by atoms with E-state index in [2.05, 4.69) is 4.99 Å². The summed E-state index contributed by atoms with van der Waals surface area (Å²) in [6, 6.07) is 13.1. The molecule has 0 saturated heterocycles. The zero-order chi connectivity index (χ0) is 18.5. The number of cyclic esters (lactones) is 1. The summed E-state index contributed by atoms with van der Waals surface area (Å²) in [6.07, 6.45) is 2.06. The zero-order valence-electron chi connectivity index (χ0n) is 14.8. The van der Waals surface area contributed by atoms with Crippen molar-refractivity contribution in [3.8, 4) is 17.2 Å².